The molecule has 0 fully saturated rings. The zero-order chi connectivity index (χ0) is 12.7. The van der Waals surface area contributed by atoms with Crippen molar-refractivity contribution in [2.24, 2.45) is 0 Å². The molecule has 0 amide bonds. The number of methoxy groups -OCH3 is 1. The number of rotatable bonds is 7. The van der Waals surface area contributed by atoms with E-state index in [9.17, 15) is 4.39 Å². The van der Waals surface area contributed by atoms with Crippen LogP contribution in [0, 0.1) is 5.82 Å². The summed E-state index contributed by atoms with van der Waals surface area (Å²) in [6.07, 6.45) is 2.10. The Hall–Kier alpha value is -0.930. The fraction of sp³-hybridized carbons (Fsp3) is 0.571. The van der Waals surface area contributed by atoms with E-state index in [-0.39, 0.29) is 11.9 Å². The first-order valence-electron chi connectivity index (χ1n) is 6.16. The van der Waals surface area contributed by atoms with Crippen molar-refractivity contribution in [3.05, 3.63) is 35.6 Å². The van der Waals surface area contributed by atoms with Crippen molar-refractivity contribution in [1.29, 1.82) is 0 Å². The second-order valence-corrected chi connectivity index (χ2v) is 4.37. The van der Waals surface area contributed by atoms with E-state index in [2.05, 4.69) is 19.2 Å². The summed E-state index contributed by atoms with van der Waals surface area (Å²) in [6, 6.07) is 7.09. The topological polar surface area (TPSA) is 21.3 Å². The van der Waals surface area contributed by atoms with Crippen LogP contribution in [0.2, 0.25) is 0 Å². The Balaban J connectivity index is 2.56. The summed E-state index contributed by atoms with van der Waals surface area (Å²) in [5.74, 6) is -0.181. The smallest absolute Gasteiger partial charge is 0.123 e. The standard InChI is InChI=1S/C14H22FNO/c1-4-16-14(9-11(2)17-3)10-12-5-7-13(15)8-6-12/h5-8,11,14,16H,4,9-10H2,1-3H3. The van der Waals surface area contributed by atoms with Gasteiger partial charge in [0.1, 0.15) is 5.82 Å². The molecular weight excluding hydrogens is 217 g/mol. The molecule has 0 heterocycles. The van der Waals surface area contributed by atoms with Crippen LogP contribution in [-0.2, 0) is 11.2 Å². The minimum absolute atomic E-state index is 0.181. The lowest BCUT2D eigenvalue weighted by Crippen LogP contribution is -2.34. The van der Waals surface area contributed by atoms with Crippen LogP contribution in [-0.4, -0.2) is 25.8 Å². The number of benzene rings is 1. The third kappa shape index (κ3) is 5.29. The van der Waals surface area contributed by atoms with Crippen LogP contribution in [0.3, 0.4) is 0 Å². The molecule has 2 atom stereocenters. The molecule has 0 saturated heterocycles. The fourth-order valence-electron chi connectivity index (χ4n) is 1.93. The Morgan fingerprint density at radius 3 is 2.47 bits per heavy atom. The summed E-state index contributed by atoms with van der Waals surface area (Å²) in [6.45, 7) is 5.09. The molecule has 2 unspecified atom stereocenters. The van der Waals surface area contributed by atoms with Gasteiger partial charge in [-0.25, -0.2) is 4.39 Å². The van der Waals surface area contributed by atoms with Crippen LogP contribution < -0.4 is 5.32 Å². The molecule has 3 heteroatoms. The maximum Gasteiger partial charge on any atom is 0.123 e. The molecule has 1 aromatic carbocycles. The number of hydrogen-bond donors (Lipinski definition) is 1. The van der Waals surface area contributed by atoms with Crippen molar-refractivity contribution in [3.8, 4) is 0 Å². The molecule has 1 rings (SSSR count). The van der Waals surface area contributed by atoms with Crippen molar-refractivity contribution in [2.75, 3.05) is 13.7 Å². The number of halogens is 1. The van der Waals surface area contributed by atoms with Crippen LogP contribution in [0.25, 0.3) is 0 Å². The predicted octanol–water partition coefficient (Wildman–Crippen LogP) is 2.77. The Kier molecular flexibility index (Phi) is 6.16. The first kappa shape index (κ1) is 14.1. The highest BCUT2D eigenvalue weighted by Crippen LogP contribution is 2.10. The molecule has 0 aliphatic rings. The predicted molar refractivity (Wildman–Crippen MR) is 68.7 cm³/mol. The van der Waals surface area contributed by atoms with Gasteiger partial charge in [-0.05, 0) is 44.0 Å². The first-order chi connectivity index (χ1) is 8.15. The molecule has 0 aliphatic carbocycles. The van der Waals surface area contributed by atoms with Crippen LogP contribution in [0.15, 0.2) is 24.3 Å². The number of ether oxygens (including phenoxy) is 1. The molecule has 17 heavy (non-hydrogen) atoms. The van der Waals surface area contributed by atoms with E-state index in [4.69, 9.17) is 4.74 Å². The highest BCUT2D eigenvalue weighted by molar-refractivity contribution is 5.17. The van der Waals surface area contributed by atoms with Gasteiger partial charge in [0, 0.05) is 13.2 Å². The normalized spacial score (nSPS) is 14.6. The molecule has 0 aliphatic heterocycles. The molecule has 96 valence electrons. The molecule has 2 nitrogen and oxygen atoms in total. The monoisotopic (exact) mass is 239 g/mol. The first-order valence-corrected chi connectivity index (χ1v) is 6.16. The van der Waals surface area contributed by atoms with E-state index in [1.54, 1.807) is 7.11 Å². The number of hydrogen-bond acceptors (Lipinski definition) is 2. The van der Waals surface area contributed by atoms with Gasteiger partial charge in [-0.15, -0.1) is 0 Å². The van der Waals surface area contributed by atoms with Gasteiger partial charge in [0.05, 0.1) is 6.10 Å². The van der Waals surface area contributed by atoms with E-state index in [0.717, 1.165) is 24.9 Å². The quantitative estimate of drug-likeness (QED) is 0.790. The van der Waals surface area contributed by atoms with Crippen LogP contribution >= 0.6 is 0 Å². The second kappa shape index (κ2) is 7.41. The third-order valence-corrected chi connectivity index (χ3v) is 2.91. The molecule has 1 aromatic rings. The second-order valence-electron chi connectivity index (χ2n) is 4.37. The lowest BCUT2D eigenvalue weighted by Gasteiger charge is -2.21. The largest absolute Gasteiger partial charge is 0.382 e. The van der Waals surface area contributed by atoms with Crippen LogP contribution in [0.1, 0.15) is 25.8 Å². The van der Waals surface area contributed by atoms with Crippen molar-refractivity contribution < 1.29 is 9.13 Å². The minimum atomic E-state index is -0.181. The molecule has 0 aromatic heterocycles. The zero-order valence-corrected chi connectivity index (χ0v) is 10.9. The molecule has 0 saturated carbocycles. The van der Waals surface area contributed by atoms with E-state index in [1.165, 1.54) is 12.1 Å². The fourth-order valence-corrected chi connectivity index (χ4v) is 1.93. The van der Waals surface area contributed by atoms with Crippen molar-refractivity contribution in [1.82, 2.24) is 5.32 Å². The van der Waals surface area contributed by atoms with Gasteiger partial charge in [-0.1, -0.05) is 19.1 Å². The summed E-state index contributed by atoms with van der Waals surface area (Å²) in [5.41, 5.74) is 1.15. The van der Waals surface area contributed by atoms with E-state index in [0.29, 0.717) is 6.04 Å². The summed E-state index contributed by atoms with van der Waals surface area (Å²) in [4.78, 5) is 0. The van der Waals surface area contributed by atoms with E-state index >= 15 is 0 Å². The van der Waals surface area contributed by atoms with Gasteiger partial charge in [-0.3, -0.25) is 0 Å². The highest BCUT2D eigenvalue weighted by Gasteiger charge is 2.12. The lowest BCUT2D eigenvalue weighted by atomic mass is 10.0. The van der Waals surface area contributed by atoms with Gasteiger partial charge >= 0.3 is 0 Å². The van der Waals surface area contributed by atoms with E-state index in [1.807, 2.05) is 12.1 Å². The van der Waals surface area contributed by atoms with Crippen LogP contribution in [0.5, 0.6) is 0 Å². The van der Waals surface area contributed by atoms with Gasteiger partial charge in [-0.2, -0.15) is 0 Å². The number of likely N-dealkylation sites (N-methyl/N-ethyl adjacent to an activating group) is 1. The molecule has 1 N–H and O–H groups in total. The maximum absolute atomic E-state index is 12.8. The average molecular weight is 239 g/mol. The Labute approximate surface area is 103 Å². The molecule has 0 spiro atoms. The molecule has 0 bridgehead atoms. The Morgan fingerprint density at radius 2 is 1.94 bits per heavy atom. The van der Waals surface area contributed by atoms with Crippen molar-refractivity contribution >= 4 is 0 Å². The Bertz CT molecular complexity index is 313. The third-order valence-electron chi connectivity index (χ3n) is 2.91. The minimum Gasteiger partial charge on any atom is -0.382 e. The summed E-state index contributed by atoms with van der Waals surface area (Å²) >= 11 is 0. The van der Waals surface area contributed by atoms with Crippen molar-refractivity contribution in [3.63, 3.8) is 0 Å². The van der Waals surface area contributed by atoms with Gasteiger partial charge in [0.15, 0.2) is 0 Å². The summed E-state index contributed by atoms with van der Waals surface area (Å²) in [5, 5.41) is 3.44. The van der Waals surface area contributed by atoms with Crippen molar-refractivity contribution in [2.45, 2.75) is 38.8 Å². The lowest BCUT2D eigenvalue weighted by molar-refractivity contribution is 0.101. The van der Waals surface area contributed by atoms with E-state index < -0.39 is 0 Å². The van der Waals surface area contributed by atoms with Gasteiger partial charge in [0.2, 0.25) is 0 Å². The average Bonchev–Trinajstić information content (AvgIpc) is 2.32. The summed E-state index contributed by atoms with van der Waals surface area (Å²) in [7, 11) is 1.73. The molecular formula is C14H22FNO. The van der Waals surface area contributed by atoms with Gasteiger partial charge in [0.25, 0.3) is 0 Å². The summed E-state index contributed by atoms with van der Waals surface area (Å²) < 4.78 is 18.1. The Morgan fingerprint density at radius 1 is 1.29 bits per heavy atom. The van der Waals surface area contributed by atoms with Crippen LogP contribution in [0.4, 0.5) is 4.39 Å². The maximum atomic E-state index is 12.8. The highest BCUT2D eigenvalue weighted by atomic mass is 19.1. The van der Waals surface area contributed by atoms with Gasteiger partial charge < -0.3 is 10.1 Å². The SMILES string of the molecule is CCNC(Cc1ccc(F)cc1)CC(C)OC. The molecule has 0 radical (unpaired) electrons. The number of nitrogens with one attached hydrogen (secondary N) is 1. The zero-order valence-electron chi connectivity index (χ0n) is 10.9.